The topological polar surface area (TPSA) is 77.8 Å². The molecule has 0 aliphatic heterocycles. The number of benzene rings is 1. The first-order chi connectivity index (χ1) is 11.8. The zero-order valence-corrected chi connectivity index (χ0v) is 14.9. The molecule has 1 aromatic heterocycles. The van der Waals surface area contributed by atoms with Crippen molar-refractivity contribution in [1.29, 1.82) is 0 Å². The molecule has 0 saturated carbocycles. The largest absolute Gasteiger partial charge is 0.508 e. The Morgan fingerprint density at radius 3 is 2.44 bits per heavy atom. The minimum absolute atomic E-state index is 0.0604. The van der Waals surface area contributed by atoms with Gasteiger partial charge in [-0.2, -0.15) is 0 Å². The molecule has 1 atom stereocenters. The van der Waals surface area contributed by atoms with Crippen LogP contribution in [0.4, 0.5) is 0 Å². The molecule has 0 aliphatic rings. The van der Waals surface area contributed by atoms with Gasteiger partial charge in [0, 0.05) is 24.1 Å². The van der Waals surface area contributed by atoms with Crippen molar-refractivity contribution in [3.05, 3.63) is 52.8 Å². The van der Waals surface area contributed by atoms with Crippen LogP contribution in [-0.2, 0) is 9.47 Å². The van der Waals surface area contributed by atoms with Crippen LogP contribution in [0.1, 0.15) is 45.1 Å². The maximum Gasteiger partial charge on any atom is 0.338 e. The van der Waals surface area contributed by atoms with E-state index in [1.54, 1.807) is 13.2 Å². The first-order valence-corrected chi connectivity index (χ1v) is 8.01. The molecule has 6 heteroatoms. The van der Waals surface area contributed by atoms with E-state index in [0.717, 1.165) is 11.4 Å². The van der Waals surface area contributed by atoms with Crippen molar-refractivity contribution in [3.63, 3.8) is 0 Å². The Hall–Kier alpha value is -2.60. The second-order valence-electron chi connectivity index (χ2n) is 6.01. The monoisotopic (exact) mass is 345 g/mol. The molecular weight excluding hydrogens is 322 g/mol. The van der Waals surface area contributed by atoms with Gasteiger partial charge in [-0.25, -0.2) is 4.79 Å². The van der Waals surface area contributed by atoms with E-state index in [9.17, 15) is 14.7 Å². The number of methoxy groups -OCH3 is 1. The van der Waals surface area contributed by atoms with Crippen molar-refractivity contribution in [2.45, 2.75) is 26.8 Å². The minimum Gasteiger partial charge on any atom is -0.508 e. The fourth-order valence-electron chi connectivity index (χ4n) is 2.94. The second-order valence-corrected chi connectivity index (χ2v) is 6.01. The highest BCUT2D eigenvalue weighted by Gasteiger charge is 2.20. The van der Waals surface area contributed by atoms with Crippen LogP contribution in [0.5, 0.6) is 5.75 Å². The van der Waals surface area contributed by atoms with Crippen LogP contribution in [0.25, 0.3) is 0 Å². The molecule has 2 aromatic rings. The summed E-state index contributed by atoms with van der Waals surface area (Å²) >= 11 is 0. The van der Waals surface area contributed by atoms with Gasteiger partial charge in [0.1, 0.15) is 5.75 Å². The summed E-state index contributed by atoms with van der Waals surface area (Å²) in [6.07, 6.45) is 0. The lowest BCUT2D eigenvalue weighted by molar-refractivity contribution is 0.0474. The predicted octanol–water partition coefficient (Wildman–Crippen LogP) is 3.06. The van der Waals surface area contributed by atoms with Gasteiger partial charge in [0.15, 0.2) is 6.61 Å². The van der Waals surface area contributed by atoms with Crippen LogP contribution in [0, 0.1) is 13.8 Å². The zero-order valence-electron chi connectivity index (χ0n) is 14.9. The molecule has 0 unspecified atom stereocenters. The van der Waals surface area contributed by atoms with Crippen LogP contribution in [0.2, 0.25) is 0 Å². The Labute approximate surface area is 147 Å². The maximum absolute atomic E-state index is 12.4. The number of esters is 1. The average Bonchev–Trinajstić information content (AvgIpc) is 2.88. The second kappa shape index (κ2) is 7.98. The van der Waals surface area contributed by atoms with Gasteiger partial charge in [-0.1, -0.05) is 0 Å². The number of ketones is 1. The first kappa shape index (κ1) is 18.7. The Morgan fingerprint density at radius 1 is 1.20 bits per heavy atom. The molecule has 1 heterocycles. The lowest BCUT2D eigenvalue weighted by Gasteiger charge is -2.17. The number of ether oxygens (including phenoxy) is 2. The van der Waals surface area contributed by atoms with E-state index in [4.69, 9.17) is 9.47 Å². The van der Waals surface area contributed by atoms with Gasteiger partial charge in [0.05, 0.1) is 18.2 Å². The maximum atomic E-state index is 12.4. The van der Waals surface area contributed by atoms with E-state index in [1.807, 2.05) is 25.3 Å². The number of aromatic nitrogens is 1. The van der Waals surface area contributed by atoms with Gasteiger partial charge >= 0.3 is 5.97 Å². The van der Waals surface area contributed by atoms with Gasteiger partial charge in [0.25, 0.3) is 0 Å². The molecule has 25 heavy (non-hydrogen) atoms. The summed E-state index contributed by atoms with van der Waals surface area (Å²) < 4.78 is 12.3. The third-order valence-corrected chi connectivity index (χ3v) is 4.07. The van der Waals surface area contributed by atoms with E-state index < -0.39 is 5.97 Å². The highest BCUT2D eigenvalue weighted by molar-refractivity contribution is 6.00. The van der Waals surface area contributed by atoms with Crippen molar-refractivity contribution in [3.8, 4) is 5.75 Å². The van der Waals surface area contributed by atoms with E-state index >= 15 is 0 Å². The van der Waals surface area contributed by atoms with Gasteiger partial charge in [0.2, 0.25) is 5.78 Å². The van der Waals surface area contributed by atoms with E-state index in [2.05, 4.69) is 0 Å². The number of phenolic OH excluding ortho intramolecular Hbond substituents is 1. The number of nitrogens with zero attached hydrogens (tertiary/aromatic N) is 1. The minimum atomic E-state index is -0.602. The fraction of sp³-hybridized carbons (Fsp3) is 0.368. The Kier molecular flexibility index (Phi) is 5.98. The lowest BCUT2D eigenvalue weighted by atomic mass is 10.1. The van der Waals surface area contributed by atoms with Crippen molar-refractivity contribution >= 4 is 11.8 Å². The molecule has 0 saturated heterocycles. The van der Waals surface area contributed by atoms with E-state index in [0.29, 0.717) is 12.2 Å². The van der Waals surface area contributed by atoms with Gasteiger partial charge in [-0.05, 0) is 51.1 Å². The molecule has 0 amide bonds. The van der Waals surface area contributed by atoms with Crippen LogP contribution < -0.4 is 0 Å². The number of Topliss-reactive ketones (excluding diaryl/α,β-unsaturated/α-hetero) is 1. The predicted molar refractivity (Wildman–Crippen MR) is 93.2 cm³/mol. The van der Waals surface area contributed by atoms with Crippen LogP contribution >= 0.6 is 0 Å². The summed E-state index contributed by atoms with van der Waals surface area (Å²) in [6.45, 7) is 6.03. The van der Waals surface area contributed by atoms with Gasteiger partial charge in [-0.15, -0.1) is 0 Å². The van der Waals surface area contributed by atoms with Crippen LogP contribution in [0.3, 0.4) is 0 Å². The Bertz CT molecular complexity index is 761. The SMILES string of the molecule is COC[C@H](C)n1c(C)cc(C(=O)COC(=O)c2ccc(O)cc2)c1C. The van der Waals surface area contributed by atoms with Crippen molar-refractivity contribution < 1.29 is 24.2 Å². The summed E-state index contributed by atoms with van der Waals surface area (Å²) in [5.41, 5.74) is 2.60. The van der Waals surface area contributed by atoms with Crippen LogP contribution in [0.15, 0.2) is 30.3 Å². The summed E-state index contributed by atoms with van der Waals surface area (Å²) in [7, 11) is 1.64. The van der Waals surface area contributed by atoms with E-state index in [1.165, 1.54) is 24.3 Å². The Morgan fingerprint density at radius 2 is 1.84 bits per heavy atom. The summed E-state index contributed by atoms with van der Waals surface area (Å²) in [4.78, 5) is 24.4. The molecule has 134 valence electrons. The highest BCUT2D eigenvalue weighted by atomic mass is 16.5. The number of aromatic hydroxyl groups is 1. The van der Waals surface area contributed by atoms with Gasteiger partial charge < -0.3 is 19.1 Å². The number of carbonyl (C=O) groups excluding carboxylic acids is 2. The standard InChI is InChI=1S/C19H23NO5/c1-12-9-17(14(3)20(12)13(2)10-24-4)18(22)11-25-19(23)15-5-7-16(21)8-6-15/h5-9,13,21H,10-11H2,1-4H3/t13-/m0/s1. The molecule has 0 fully saturated rings. The van der Waals surface area contributed by atoms with E-state index in [-0.39, 0.29) is 29.7 Å². The van der Waals surface area contributed by atoms with Crippen molar-refractivity contribution in [2.24, 2.45) is 0 Å². The molecule has 0 spiro atoms. The number of rotatable bonds is 7. The lowest BCUT2D eigenvalue weighted by Crippen LogP contribution is -2.17. The molecular formula is C19H23NO5. The summed E-state index contributed by atoms with van der Waals surface area (Å²) in [6, 6.07) is 7.58. The number of aryl methyl sites for hydroxylation is 1. The number of carbonyl (C=O) groups is 2. The van der Waals surface area contributed by atoms with Crippen LogP contribution in [-0.4, -0.2) is 41.7 Å². The smallest absolute Gasteiger partial charge is 0.338 e. The fourth-order valence-corrected chi connectivity index (χ4v) is 2.94. The molecule has 1 N–H and O–H groups in total. The molecule has 2 rings (SSSR count). The number of phenols is 1. The molecule has 6 nitrogen and oxygen atoms in total. The quantitative estimate of drug-likeness (QED) is 0.616. The van der Waals surface area contributed by atoms with Gasteiger partial charge in [-0.3, -0.25) is 4.79 Å². The highest BCUT2D eigenvalue weighted by Crippen LogP contribution is 2.21. The first-order valence-electron chi connectivity index (χ1n) is 8.01. The third kappa shape index (κ3) is 4.28. The van der Waals surface area contributed by atoms with Crippen molar-refractivity contribution in [2.75, 3.05) is 20.3 Å². The number of hydrogen-bond acceptors (Lipinski definition) is 5. The summed E-state index contributed by atoms with van der Waals surface area (Å²) in [5.74, 6) is -0.795. The van der Waals surface area contributed by atoms with Crippen molar-refractivity contribution in [1.82, 2.24) is 4.57 Å². The average molecular weight is 345 g/mol. The normalized spacial score (nSPS) is 12.0. The molecule has 0 bridgehead atoms. The molecule has 1 aromatic carbocycles. The molecule has 0 radical (unpaired) electrons. The zero-order chi connectivity index (χ0) is 18.6. The number of hydrogen-bond donors (Lipinski definition) is 1. The Balaban J connectivity index is 2.07. The molecule has 0 aliphatic carbocycles. The summed E-state index contributed by atoms with van der Waals surface area (Å²) in [5, 5.41) is 9.23. The third-order valence-electron chi connectivity index (χ3n) is 4.07.